The molecule has 1 fully saturated rings. The molecule has 4 heteroatoms. The number of benzene rings is 4. The van der Waals surface area contributed by atoms with Crippen molar-refractivity contribution in [3.63, 3.8) is 0 Å². The number of amides is 1. The van der Waals surface area contributed by atoms with Gasteiger partial charge in [0.05, 0.1) is 23.8 Å². The van der Waals surface area contributed by atoms with E-state index in [-0.39, 0.29) is 17.4 Å². The van der Waals surface area contributed by atoms with Gasteiger partial charge in [-0.2, -0.15) is 5.10 Å². The predicted molar refractivity (Wildman–Crippen MR) is 168 cm³/mol. The Bertz CT molecular complexity index is 1720. The molecule has 0 aliphatic heterocycles. The lowest BCUT2D eigenvalue weighted by atomic mass is 9.82. The summed E-state index contributed by atoms with van der Waals surface area (Å²) in [5.74, 6) is 0.636. The van der Waals surface area contributed by atoms with E-state index in [1.807, 2.05) is 29.8 Å². The van der Waals surface area contributed by atoms with E-state index in [0.29, 0.717) is 18.0 Å². The molecule has 1 N–H and O–H groups in total. The van der Waals surface area contributed by atoms with E-state index in [1.165, 1.54) is 40.7 Å². The van der Waals surface area contributed by atoms with Gasteiger partial charge >= 0.3 is 0 Å². The average Bonchev–Trinajstić information content (AvgIpc) is 3.78. The van der Waals surface area contributed by atoms with E-state index < -0.39 is 0 Å². The van der Waals surface area contributed by atoms with Crippen LogP contribution >= 0.6 is 0 Å². The van der Waals surface area contributed by atoms with E-state index in [9.17, 15) is 4.79 Å². The predicted octanol–water partition coefficient (Wildman–Crippen LogP) is 8.73. The Morgan fingerprint density at radius 1 is 0.951 bits per heavy atom. The average molecular weight is 542 g/mol. The summed E-state index contributed by atoms with van der Waals surface area (Å²) in [4.78, 5) is 13.2. The van der Waals surface area contributed by atoms with Gasteiger partial charge in [0.15, 0.2) is 0 Å². The minimum Gasteiger partial charge on any atom is -0.346 e. The molecule has 0 radical (unpaired) electrons. The monoisotopic (exact) mass is 541 g/mol. The van der Waals surface area contributed by atoms with Crippen LogP contribution in [0, 0.1) is 6.92 Å². The van der Waals surface area contributed by atoms with Crippen molar-refractivity contribution in [1.82, 2.24) is 15.1 Å². The zero-order valence-electron chi connectivity index (χ0n) is 24.7. The topological polar surface area (TPSA) is 46.9 Å². The van der Waals surface area contributed by atoms with Crippen molar-refractivity contribution in [2.24, 2.45) is 0 Å². The number of carbonyl (C=O) groups is 1. The van der Waals surface area contributed by atoms with Gasteiger partial charge in [0.1, 0.15) is 0 Å². The molecule has 208 valence electrons. The first-order valence-corrected chi connectivity index (χ1v) is 14.7. The van der Waals surface area contributed by atoms with Crippen LogP contribution in [0.25, 0.3) is 22.0 Å². The minimum absolute atomic E-state index is 0.0564. The molecule has 0 unspecified atom stereocenters. The SMILES string of the molecule is Cc1nn(Cc2ccc(-c3ccccc3C(C)(C)C)cc2)c2ccc(C(=O)N[C@@H](C)c3cccc(C4CC4)c3)cc12. The van der Waals surface area contributed by atoms with Gasteiger partial charge in [0, 0.05) is 10.9 Å². The van der Waals surface area contributed by atoms with Crippen LogP contribution < -0.4 is 5.32 Å². The number of carbonyl (C=O) groups excluding carboxylic acids is 1. The lowest BCUT2D eigenvalue weighted by Crippen LogP contribution is -2.26. The summed E-state index contributed by atoms with van der Waals surface area (Å²) in [7, 11) is 0. The first kappa shape index (κ1) is 27.0. The number of hydrogen-bond acceptors (Lipinski definition) is 2. The summed E-state index contributed by atoms with van der Waals surface area (Å²) in [5, 5.41) is 9.04. The second-order valence-electron chi connectivity index (χ2n) is 12.6. The van der Waals surface area contributed by atoms with Crippen molar-refractivity contribution >= 4 is 16.8 Å². The second kappa shape index (κ2) is 10.7. The molecule has 41 heavy (non-hydrogen) atoms. The van der Waals surface area contributed by atoms with Crippen molar-refractivity contribution < 1.29 is 4.79 Å². The van der Waals surface area contributed by atoms with E-state index in [4.69, 9.17) is 5.10 Å². The Balaban J connectivity index is 1.19. The third kappa shape index (κ3) is 5.69. The zero-order chi connectivity index (χ0) is 28.7. The number of aryl methyl sites for hydroxylation is 1. The number of nitrogens with zero attached hydrogens (tertiary/aromatic N) is 2. The van der Waals surface area contributed by atoms with Gasteiger partial charge in [-0.15, -0.1) is 0 Å². The molecule has 0 saturated heterocycles. The number of rotatable bonds is 7. The summed E-state index contributed by atoms with van der Waals surface area (Å²) in [6, 6.07) is 32.0. The highest BCUT2D eigenvalue weighted by atomic mass is 16.1. The van der Waals surface area contributed by atoms with Crippen LogP contribution in [0.2, 0.25) is 0 Å². The number of hydrogen-bond donors (Lipinski definition) is 1. The smallest absolute Gasteiger partial charge is 0.251 e. The van der Waals surface area contributed by atoms with Crippen molar-refractivity contribution in [3.8, 4) is 11.1 Å². The highest BCUT2D eigenvalue weighted by Gasteiger charge is 2.24. The Hall–Kier alpha value is -4.18. The third-order valence-corrected chi connectivity index (χ3v) is 8.34. The lowest BCUT2D eigenvalue weighted by molar-refractivity contribution is 0.0940. The van der Waals surface area contributed by atoms with Gasteiger partial charge in [-0.1, -0.05) is 93.6 Å². The molecule has 0 spiro atoms. The first-order chi connectivity index (χ1) is 19.7. The molecule has 4 aromatic carbocycles. The maximum Gasteiger partial charge on any atom is 0.251 e. The van der Waals surface area contributed by atoms with Crippen molar-refractivity contribution in [3.05, 3.63) is 125 Å². The van der Waals surface area contributed by atoms with Gasteiger partial charge in [-0.25, -0.2) is 0 Å². The molecule has 1 aromatic heterocycles. The molecule has 1 atom stereocenters. The molecular formula is C37H39N3O. The fourth-order valence-electron chi connectivity index (χ4n) is 5.82. The molecule has 1 saturated carbocycles. The highest BCUT2D eigenvalue weighted by molar-refractivity contribution is 5.98. The maximum absolute atomic E-state index is 13.2. The fourth-order valence-corrected chi connectivity index (χ4v) is 5.82. The summed E-state index contributed by atoms with van der Waals surface area (Å²) >= 11 is 0. The van der Waals surface area contributed by atoms with Gasteiger partial charge in [-0.3, -0.25) is 9.48 Å². The standard InChI is InChI=1S/C37H39N3O/c1-24(29-9-8-10-30(21-29)27-17-18-27)38-36(41)31-19-20-35-33(22-31)25(2)39-40(35)23-26-13-15-28(16-14-26)32-11-6-7-12-34(32)37(3,4)5/h6-16,19-22,24,27H,17-18,23H2,1-5H3,(H,38,41)/t24-/m0/s1. The van der Waals surface area contributed by atoms with Crippen molar-refractivity contribution in [1.29, 1.82) is 0 Å². The Morgan fingerprint density at radius 3 is 2.44 bits per heavy atom. The third-order valence-electron chi connectivity index (χ3n) is 8.34. The number of fused-ring (bicyclic) bond motifs is 1. The van der Waals surface area contributed by atoms with E-state index in [2.05, 4.69) is 106 Å². The van der Waals surface area contributed by atoms with E-state index in [0.717, 1.165) is 22.2 Å². The largest absolute Gasteiger partial charge is 0.346 e. The van der Waals surface area contributed by atoms with Crippen LogP contribution in [-0.4, -0.2) is 15.7 Å². The summed E-state index contributed by atoms with van der Waals surface area (Å²) in [5.41, 5.74) is 10.3. The van der Waals surface area contributed by atoms with Gasteiger partial charge in [-0.05, 0) is 89.6 Å². The second-order valence-corrected chi connectivity index (χ2v) is 12.6. The minimum atomic E-state index is -0.0606. The lowest BCUT2D eigenvalue weighted by Gasteiger charge is -2.23. The van der Waals surface area contributed by atoms with Crippen LogP contribution in [0.1, 0.15) is 90.8 Å². The maximum atomic E-state index is 13.2. The first-order valence-electron chi connectivity index (χ1n) is 14.7. The fraction of sp³-hybridized carbons (Fsp3) is 0.297. The molecule has 1 aliphatic rings. The van der Waals surface area contributed by atoms with Gasteiger partial charge in [0.25, 0.3) is 5.91 Å². The van der Waals surface area contributed by atoms with Gasteiger partial charge < -0.3 is 5.32 Å². The van der Waals surface area contributed by atoms with Crippen LogP contribution in [0.5, 0.6) is 0 Å². The Morgan fingerprint density at radius 2 is 1.71 bits per heavy atom. The van der Waals surface area contributed by atoms with Crippen molar-refractivity contribution in [2.45, 2.75) is 71.4 Å². The van der Waals surface area contributed by atoms with Crippen LogP contribution in [-0.2, 0) is 12.0 Å². The molecule has 1 aliphatic carbocycles. The van der Waals surface area contributed by atoms with E-state index in [1.54, 1.807) is 0 Å². The number of aromatic nitrogens is 2. The molecule has 1 amide bonds. The zero-order valence-corrected chi connectivity index (χ0v) is 24.7. The Labute approximate surface area is 243 Å². The van der Waals surface area contributed by atoms with E-state index >= 15 is 0 Å². The molecule has 0 bridgehead atoms. The summed E-state index contributed by atoms with van der Waals surface area (Å²) in [6.07, 6.45) is 2.54. The van der Waals surface area contributed by atoms with Crippen LogP contribution in [0.3, 0.4) is 0 Å². The molecule has 1 heterocycles. The van der Waals surface area contributed by atoms with Crippen LogP contribution in [0.4, 0.5) is 0 Å². The Kier molecular flexibility index (Phi) is 7.03. The molecule has 5 aromatic rings. The summed E-state index contributed by atoms with van der Waals surface area (Å²) < 4.78 is 2.04. The highest BCUT2D eigenvalue weighted by Crippen LogP contribution is 2.40. The summed E-state index contributed by atoms with van der Waals surface area (Å²) in [6.45, 7) is 11.5. The quantitative estimate of drug-likeness (QED) is 0.224. The molecular weight excluding hydrogens is 502 g/mol. The number of nitrogens with one attached hydrogen (secondary N) is 1. The molecule has 4 nitrogen and oxygen atoms in total. The van der Waals surface area contributed by atoms with Crippen LogP contribution in [0.15, 0.2) is 91.0 Å². The van der Waals surface area contributed by atoms with Gasteiger partial charge in [0.2, 0.25) is 0 Å². The van der Waals surface area contributed by atoms with Crippen molar-refractivity contribution in [2.75, 3.05) is 0 Å². The normalized spacial score (nSPS) is 14.3. The molecule has 6 rings (SSSR count).